The van der Waals surface area contributed by atoms with Gasteiger partial charge in [-0.05, 0) is 0 Å². The van der Waals surface area contributed by atoms with Gasteiger partial charge in [0.05, 0.1) is 30.1 Å². The number of sulfonamides is 1. The van der Waals surface area contributed by atoms with Crippen molar-refractivity contribution < 1.29 is 8.42 Å². The first-order chi connectivity index (χ1) is 8.08. The Kier molecular flexibility index (Phi) is 3.31. The minimum atomic E-state index is -3.62. The van der Waals surface area contributed by atoms with E-state index >= 15 is 0 Å². The second kappa shape index (κ2) is 4.73. The summed E-state index contributed by atoms with van der Waals surface area (Å²) in [7, 11) is -3.62. The molecule has 2 heterocycles. The summed E-state index contributed by atoms with van der Waals surface area (Å²) in [6.07, 6.45) is 2.32. The van der Waals surface area contributed by atoms with Crippen LogP contribution in [0.25, 0.3) is 0 Å². The second-order valence-corrected chi connectivity index (χ2v) is 5.57. The van der Waals surface area contributed by atoms with Crippen LogP contribution in [0.4, 0.5) is 5.95 Å². The standard InChI is InChI=1S/C8H9N5O2S2/c9-8-10-2-7(3-11-8)17(14,15)13-1-6-4-16-5-12-6/h2-5,13H,1H2,(H2,9,10,11). The molecule has 9 heteroatoms. The number of nitrogens with two attached hydrogens (primary N) is 1. The minimum Gasteiger partial charge on any atom is -0.368 e. The van der Waals surface area contributed by atoms with Crippen molar-refractivity contribution in [1.82, 2.24) is 19.7 Å². The lowest BCUT2D eigenvalue weighted by atomic mass is 10.5. The first-order valence-electron chi connectivity index (χ1n) is 4.52. The quantitative estimate of drug-likeness (QED) is 0.809. The van der Waals surface area contributed by atoms with Crippen LogP contribution in [-0.2, 0) is 16.6 Å². The SMILES string of the molecule is Nc1ncc(S(=O)(=O)NCc2cscn2)cn1. The predicted molar refractivity (Wildman–Crippen MR) is 62.6 cm³/mol. The lowest BCUT2D eigenvalue weighted by molar-refractivity contribution is 0.579. The van der Waals surface area contributed by atoms with Gasteiger partial charge in [-0.2, -0.15) is 0 Å². The Morgan fingerprint density at radius 2 is 2.00 bits per heavy atom. The Morgan fingerprint density at radius 3 is 2.59 bits per heavy atom. The average Bonchev–Trinajstić information content (AvgIpc) is 2.80. The van der Waals surface area contributed by atoms with Crippen LogP contribution in [0.2, 0.25) is 0 Å². The molecule has 0 aliphatic heterocycles. The Morgan fingerprint density at radius 1 is 1.29 bits per heavy atom. The zero-order valence-electron chi connectivity index (χ0n) is 8.57. The zero-order valence-corrected chi connectivity index (χ0v) is 10.2. The normalized spacial score (nSPS) is 11.5. The molecule has 0 saturated heterocycles. The average molecular weight is 271 g/mol. The van der Waals surface area contributed by atoms with Crippen molar-refractivity contribution >= 4 is 27.3 Å². The van der Waals surface area contributed by atoms with Gasteiger partial charge in [0, 0.05) is 5.38 Å². The Labute approximate surface area is 102 Å². The molecule has 0 aromatic carbocycles. The summed E-state index contributed by atoms with van der Waals surface area (Å²) >= 11 is 1.40. The fraction of sp³-hybridized carbons (Fsp3) is 0.125. The Balaban J connectivity index is 2.11. The van der Waals surface area contributed by atoms with Gasteiger partial charge < -0.3 is 5.73 Å². The van der Waals surface area contributed by atoms with Crippen molar-refractivity contribution in [2.75, 3.05) is 5.73 Å². The second-order valence-electron chi connectivity index (χ2n) is 3.08. The van der Waals surface area contributed by atoms with Gasteiger partial charge >= 0.3 is 0 Å². The summed E-state index contributed by atoms with van der Waals surface area (Å²) < 4.78 is 26.0. The van der Waals surface area contributed by atoms with Crippen molar-refractivity contribution in [2.45, 2.75) is 11.4 Å². The molecule has 0 radical (unpaired) electrons. The van der Waals surface area contributed by atoms with Crippen LogP contribution in [0, 0.1) is 0 Å². The summed E-state index contributed by atoms with van der Waals surface area (Å²) in [5, 5.41) is 1.77. The third kappa shape index (κ3) is 2.96. The number of nitrogens with one attached hydrogen (secondary N) is 1. The molecule has 7 nitrogen and oxygen atoms in total. The van der Waals surface area contributed by atoms with Crippen LogP contribution >= 0.6 is 11.3 Å². The molecule has 0 saturated carbocycles. The van der Waals surface area contributed by atoms with Crippen LogP contribution in [0.15, 0.2) is 28.2 Å². The van der Waals surface area contributed by atoms with Crippen LogP contribution in [0.3, 0.4) is 0 Å². The Hall–Kier alpha value is -1.58. The van der Waals surface area contributed by atoms with Gasteiger partial charge in [0.2, 0.25) is 16.0 Å². The van der Waals surface area contributed by atoms with Crippen LogP contribution in [0.5, 0.6) is 0 Å². The molecule has 0 unspecified atom stereocenters. The van der Waals surface area contributed by atoms with Gasteiger partial charge in [-0.1, -0.05) is 0 Å². The lowest BCUT2D eigenvalue weighted by Gasteiger charge is -2.04. The van der Waals surface area contributed by atoms with Gasteiger partial charge in [-0.15, -0.1) is 11.3 Å². The summed E-state index contributed by atoms with van der Waals surface area (Å²) in [5.74, 6) is 0.0310. The molecule has 0 aliphatic carbocycles. The summed E-state index contributed by atoms with van der Waals surface area (Å²) in [6, 6.07) is 0. The van der Waals surface area contributed by atoms with E-state index in [1.165, 1.54) is 11.3 Å². The van der Waals surface area contributed by atoms with Gasteiger partial charge in [0.25, 0.3) is 0 Å². The number of rotatable bonds is 4. The molecule has 0 fully saturated rings. The van der Waals surface area contributed by atoms with Gasteiger partial charge in [-0.25, -0.2) is 28.1 Å². The molecule has 17 heavy (non-hydrogen) atoms. The van der Waals surface area contributed by atoms with Crippen LogP contribution in [-0.4, -0.2) is 23.4 Å². The maximum Gasteiger partial charge on any atom is 0.244 e. The van der Waals surface area contributed by atoms with E-state index in [1.54, 1.807) is 10.9 Å². The molecule has 0 aliphatic rings. The Bertz CT molecular complexity index is 579. The fourth-order valence-electron chi connectivity index (χ4n) is 1.04. The van der Waals surface area contributed by atoms with Gasteiger partial charge in [0.15, 0.2) is 0 Å². The number of aromatic nitrogens is 3. The number of thiazole rings is 1. The molecule has 2 aromatic rings. The summed E-state index contributed by atoms with van der Waals surface area (Å²) in [6.45, 7) is 0.135. The molecule has 2 rings (SSSR count). The first kappa shape index (κ1) is 11.9. The van der Waals surface area contributed by atoms with E-state index in [1.807, 2.05) is 0 Å². The number of anilines is 1. The topological polar surface area (TPSA) is 111 Å². The van der Waals surface area contributed by atoms with Crippen molar-refractivity contribution in [3.63, 3.8) is 0 Å². The lowest BCUT2D eigenvalue weighted by Crippen LogP contribution is -2.23. The van der Waals surface area contributed by atoms with E-state index < -0.39 is 10.0 Å². The number of hydrogen-bond donors (Lipinski definition) is 2. The largest absolute Gasteiger partial charge is 0.368 e. The van der Waals surface area contributed by atoms with Crippen molar-refractivity contribution in [2.24, 2.45) is 0 Å². The third-order valence-electron chi connectivity index (χ3n) is 1.89. The van der Waals surface area contributed by atoms with Crippen LogP contribution < -0.4 is 10.5 Å². The molecule has 0 bridgehead atoms. The summed E-state index contributed by atoms with van der Waals surface area (Å²) in [5.41, 5.74) is 7.57. The summed E-state index contributed by atoms with van der Waals surface area (Å²) in [4.78, 5) is 11.2. The van der Waals surface area contributed by atoms with E-state index in [0.717, 1.165) is 12.4 Å². The smallest absolute Gasteiger partial charge is 0.244 e. The van der Waals surface area contributed by atoms with Crippen molar-refractivity contribution in [3.05, 3.63) is 29.0 Å². The highest BCUT2D eigenvalue weighted by Crippen LogP contribution is 2.07. The maximum absolute atomic E-state index is 11.8. The molecule has 0 amide bonds. The first-order valence-corrected chi connectivity index (χ1v) is 6.95. The van der Waals surface area contributed by atoms with E-state index in [4.69, 9.17) is 5.73 Å². The third-order valence-corrected chi connectivity index (χ3v) is 3.88. The minimum absolute atomic E-state index is 0.0260. The van der Waals surface area contributed by atoms with Gasteiger partial charge in [-0.3, -0.25) is 0 Å². The monoisotopic (exact) mass is 271 g/mol. The van der Waals surface area contributed by atoms with E-state index in [-0.39, 0.29) is 17.4 Å². The van der Waals surface area contributed by atoms with Crippen LogP contribution in [0.1, 0.15) is 5.69 Å². The maximum atomic E-state index is 11.8. The molecule has 0 spiro atoms. The molecule has 2 aromatic heterocycles. The molecular weight excluding hydrogens is 262 g/mol. The van der Waals surface area contributed by atoms with E-state index in [2.05, 4.69) is 19.7 Å². The molecule has 3 N–H and O–H groups in total. The van der Waals surface area contributed by atoms with E-state index in [9.17, 15) is 8.42 Å². The van der Waals surface area contributed by atoms with Crippen molar-refractivity contribution in [1.29, 1.82) is 0 Å². The number of nitrogen functional groups attached to an aromatic ring is 1. The highest BCUT2D eigenvalue weighted by Gasteiger charge is 2.14. The number of nitrogens with zero attached hydrogens (tertiary/aromatic N) is 3. The van der Waals surface area contributed by atoms with E-state index in [0.29, 0.717) is 5.69 Å². The zero-order chi connectivity index (χ0) is 12.3. The molecule has 90 valence electrons. The van der Waals surface area contributed by atoms with Gasteiger partial charge in [0.1, 0.15) is 4.90 Å². The fourth-order valence-corrected chi connectivity index (χ4v) is 2.49. The number of hydrogen-bond acceptors (Lipinski definition) is 7. The van der Waals surface area contributed by atoms with Crippen molar-refractivity contribution in [3.8, 4) is 0 Å². The molecule has 0 atom stereocenters. The predicted octanol–water partition coefficient (Wildman–Crippen LogP) is -0.00620. The highest BCUT2D eigenvalue weighted by molar-refractivity contribution is 7.89. The molecular formula is C8H9N5O2S2. The highest BCUT2D eigenvalue weighted by atomic mass is 32.2.